The van der Waals surface area contributed by atoms with Crippen LogP contribution in [0.15, 0.2) is 53.4 Å². The highest BCUT2D eigenvalue weighted by Crippen LogP contribution is 2.30. The molecule has 1 aliphatic rings. The highest BCUT2D eigenvalue weighted by Gasteiger charge is 2.33. The van der Waals surface area contributed by atoms with Crippen molar-refractivity contribution in [3.05, 3.63) is 65.2 Å². The van der Waals surface area contributed by atoms with Gasteiger partial charge in [0.2, 0.25) is 10.0 Å². The van der Waals surface area contributed by atoms with E-state index in [-0.39, 0.29) is 37.0 Å². The number of benzene rings is 2. The molecule has 180 valence electrons. The van der Waals surface area contributed by atoms with Gasteiger partial charge in [-0.3, -0.25) is 9.69 Å². The molecule has 10 heteroatoms. The number of piperazine rings is 1. The minimum absolute atomic E-state index is 0.0785. The molecule has 0 saturated carbocycles. The van der Waals surface area contributed by atoms with E-state index in [1.807, 2.05) is 12.1 Å². The van der Waals surface area contributed by atoms with Crippen LogP contribution in [0.1, 0.15) is 35.3 Å². The zero-order chi connectivity index (χ0) is 24.2. The molecular formula is C23H28F3N3O3S. The lowest BCUT2D eigenvalue weighted by Crippen LogP contribution is -2.50. The van der Waals surface area contributed by atoms with Crippen molar-refractivity contribution in [3.8, 4) is 0 Å². The molecule has 1 heterocycles. The summed E-state index contributed by atoms with van der Waals surface area (Å²) in [5.74, 6) is -0.170. The Hall–Kier alpha value is -2.43. The quantitative estimate of drug-likeness (QED) is 0.603. The predicted octanol–water partition coefficient (Wildman–Crippen LogP) is 3.69. The Kier molecular flexibility index (Phi) is 7.81. The predicted molar refractivity (Wildman–Crippen MR) is 119 cm³/mol. The Bertz CT molecular complexity index is 1040. The third kappa shape index (κ3) is 5.93. The van der Waals surface area contributed by atoms with Gasteiger partial charge in [-0.25, -0.2) is 8.42 Å². The molecule has 2 aromatic carbocycles. The summed E-state index contributed by atoms with van der Waals surface area (Å²) in [6.07, 6.45) is -4.53. The van der Waals surface area contributed by atoms with Gasteiger partial charge in [0.1, 0.15) is 0 Å². The van der Waals surface area contributed by atoms with Gasteiger partial charge in [-0.1, -0.05) is 26.0 Å². The van der Waals surface area contributed by atoms with Gasteiger partial charge in [0.25, 0.3) is 5.91 Å². The van der Waals surface area contributed by atoms with Crippen molar-refractivity contribution < 1.29 is 26.4 Å². The van der Waals surface area contributed by atoms with Crippen molar-refractivity contribution in [1.82, 2.24) is 14.1 Å². The van der Waals surface area contributed by atoms with Crippen LogP contribution in [0.3, 0.4) is 0 Å². The highest BCUT2D eigenvalue weighted by atomic mass is 32.2. The number of rotatable bonds is 7. The van der Waals surface area contributed by atoms with Crippen LogP contribution in [0.2, 0.25) is 0 Å². The first kappa shape index (κ1) is 25.2. The Morgan fingerprint density at radius 3 is 1.94 bits per heavy atom. The van der Waals surface area contributed by atoms with Crippen molar-refractivity contribution >= 4 is 15.9 Å². The largest absolute Gasteiger partial charge is 0.416 e. The highest BCUT2D eigenvalue weighted by molar-refractivity contribution is 7.89. The maximum absolute atomic E-state index is 12.8. The van der Waals surface area contributed by atoms with E-state index in [0.717, 1.165) is 49.5 Å². The van der Waals surface area contributed by atoms with Crippen molar-refractivity contribution in [2.75, 3.05) is 39.3 Å². The number of alkyl halides is 3. The summed E-state index contributed by atoms with van der Waals surface area (Å²) in [6.45, 7) is 7.46. The standard InChI is InChI=1S/C23H28F3N3O3S/c1-3-27(4-2)17-18-5-7-19(8-6-18)22(30)28-13-15-29(16-14-28)33(31,32)21-11-9-20(10-12-21)23(24,25)26/h5-12H,3-4,13-17H2,1-2H3. The fourth-order valence-corrected chi connectivity index (χ4v) is 5.16. The molecule has 0 radical (unpaired) electrons. The Morgan fingerprint density at radius 1 is 0.909 bits per heavy atom. The van der Waals surface area contributed by atoms with E-state index >= 15 is 0 Å². The number of hydrogen-bond donors (Lipinski definition) is 0. The second-order valence-electron chi connectivity index (χ2n) is 7.88. The van der Waals surface area contributed by atoms with Gasteiger partial charge in [0, 0.05) is 38.3 Å². The second-order valence-corrected chi connectivity index (χ2v) is 9.81. The summed E-state index contributed by atoms with van der Waals surface area (Å²) in [6, 6.07) is 10.9. The van der Waals surface area contributed by atoms with Crippen molar-refractivity contribution in [1.29, 1.82) is 0 Å². The maximum Gasteiger partial charge on any atom is 0.416 e. The molecule has 0 aromatic heterocycles. The van der Waals surface area contributed by atoms with Gasteiger partial charge in [0.15, 0.2) is 0 Å². The van der Waals surface area contributed by atoms with Crippen LogP contribution in [0.25, 0.3) is 0 Å². The molecule has 0 unspecified atom stereocenters. The van der Waals surface area contributed by atoms with Crippen molar-refractivity contribution in [3.63, 3.8) is 0 Å². The lowest BCUT2D eigenvalue weighted by molar-refractivity contribution is -0.137. The number of amides is 1. The molecule has 0 atom stereocenters. The zero-order valence-electron chi connectivity index (χ0n) is 18.7. The first-order valence-electron chi connectivity index (χ1n) is 10.8. The number of hydrogen-bond acceptors (Lipinski definition) is 4. The van der Waals surface area contributed by atoms with Gasteiger partial charge < -0.3 is 4.90 Å². The SMILES string of the molecule is CCN(CC)Cc1ccc(C(=O)N2CCN(S(=O)(=O)c3ccc(C(F)(F)F)cc3)CC2)cc1. The molecule has 0 bridgehead atoms. The van der Waals surface area contributed by atoms with Crippen LogP contribution in [-0.2, 0) is 22.7 Å². The van der Waals surface area contributed by atoms with E-state index in [1.54, 1.807) is 17.0 Å². The number of halogens is 3. The summed E-state index contributed by atoms with van der Waals surface area (Å²) in [5, 5.41) is 0. The van der Waals surface area contributed by atoms with E-state index in [2.05, 4.69) is 18.7 Å². The summed E-state index contributed by atoms with van der Waals surface area (Å²) in [5.41, 5.74) is 0.750. The van der Waals surface area contributed by atoms with E-state index in [0.29, 0.717) is 5.56 Å². The third-order valence-corrected chi connectivity index (χ3v) is 7.76. The molecule has 0 spiro atoms. The fraction of sp³-hybridized carbons (Fsp3) is 0.435. The normalized spacial score (nSPS) is 15.8. The van der Waals surface area contributed by atoms with E-state index in [9.17, 15) is 26.4 Å². The van der Waals surface area contributed by atoms with Crippen LogP contribution in [-0.4, -0.2) is 67.7 Å². The van der Waals surface area contributed by atoms with Crippen LogP contribution in [0, 0.1) is 0 Å². The molecule has 33 heavy (non-hydrogen) atoms. The Balaban J connectivity index is 1.61. The fourth-order valence-electron chi connectivity index (χ4n) is 3.74. The molecule has 2 aromatic rings. The summed E-state index contributed by atoms with van der Waals surface area (Å²) >= 11 is 0. The molecule has 1 aliphatic heterocycles. The van der Waals surface area contributed by atoms with Crippen LogP contribution in [0.5, 0.6) is 0 Å². The molecular weight excluding hydrogens is 455 g/mol. The lowest BCUT2D eigenvalue weighted by atomic mass is 10.1. The summed E-state index contributed by atoms with van der Waals surface area (Å²) in [7, 11) is -3.94. The third-order valence-electron chi connectivity index (χ3n) is 5.85. The first-order chi connectivity index (χ1) is 15.6. The molecule has 0 N–H and O–H groups in total. The van der Waals surface area contributed by atoms with Gasteiger partial charge in [-0.05, 0) is 55.1 Å². The zero-order valence-corrected chi connectivity index (χ0v) is 19.5. The van der Waals surface area contributed by atoms with Crippen LogP contribution >= 0.6 is 0 Å². The number of sulfonamides is 1. The van der Waals surface area contributed by atoms with E-state index in [4.69, 9.17) is 0 Å². The molecule has 3 rings (SSSR count). The first-order valence-corrected chi connectivity index (χ1v) is 12.3. The summed E-state index contributed by atoms with van der Waals surface area (Å²) in [4.78, 5) is 16.5. The van der Waals surface area contributed by atoms with Gasteiger partial charge >= 0.3 is 6.18 Å². The smallest absolute Gasteiger partial charge is 0.336 e. The van der Waals surface area contributed by atoms with Crippen molar-refractivity contribution in [2.45, 2.75) is 31.5 Å². The van der Waals surface area contributed by atoms with Crippen LogP contribution < -0.4 is 0 Å². The van der Waals surface area contributed by atoms with Gasteiger partial charge in [0.05, 0.1) is 10.5 Å². The second kappa shape index (κ2) is 10.2. The maximum atomic E-state index is 12.8. The number of carbonyl (C=O) groups is 1. The number of carbonyl (C=O) groups excluding carboxylic acids is 1. The molecule has 6 nitrogen and oxygen atoms in total. The Morgan fingerprint density at radius 2 is 1.45 bits per heavy atom. The molecule has 0 aliphatic carbocycles. The van der Waals surface area contributed by atoms with Gasteiger partial charge in [-0.15, -0.1) is 0 Å². The monoisotopic (exact) mass is 483 g/mol. The minimum atomic E-state index is -4.53. The van der Waals surface area contributed by atoms with E-state index in [1.165, 1.54) is 4.31 Å². The van der Waals surface area contributed by atoms with E-state index < -0.39 is 21.8 Å². The summed E-state index contributed by atoms with van der Waals surface area (Å²) < 4.78 is 65.0. The topological polar surface area (TPSA) is 60.9 Å². The number of nitrogens with zero attached hydrogens (tertiary/aromatic N) is 3. The molecule has 1 fully saturated rings. The van der Waals surface area contributed by atoms with Crippen LogP contribution in [0.4, 0.5) is 13.2 Å². The molecule has 1 amide bonds. The Labute approximate surface area is 192 Å². The van der Waals surface area contributed by atoms with Gasteiger partial charge in [-0.2, -0.15) is 17.5 Å². The molecule has 1 saturated heterocycles. The minimum Gasteiger partial charge on any atom is -0.336 e. The van der Waals surface area contributed by atoms with Crippen molar-refractivity contribution in [2.24, 2.45) is 0 Å². The average molecular weight is 484 g/mol. The lowest BCUT2D eigenvalue weighted by Gasteiger charge is -2.34. The average Bonchev–Trinajstić information content (AvgIpc) is 2.82.